The molecule has 0 radical (unpaired) electrons. The third-order valence-corrected chi connectivity index (χ3v) is 6.09. The summed E-state index contributed by atoms with van der Waals surface area (Å²) in [7, 11) is 0. The van der Waals surface area contributed by atoms with Crippen molar-refractivity contribution in [2.75, 3.05) is 32.8 Å². The first-order valence-electron chi connectivity index (χ1n) is 9.35. The zero-order valence-electron chi connectivity index (χ0n) is 16.3. The Hall–Kier alpha value is -1.63. The molecule has 6 nitrogen and oxygen atoms in total. The summed E-state index contributed by atoms with van der Waals surface area (Å²) in [6, 6.07) is 9.25. The summed E-state index contributed by atoms with van der Waals surface area (Å²) in [5.41, 5.74) is 5.91. The Labute approximate surface area is 167 Å². The van der Waals surface area contributed by atoms with Crippen LogP contribution in [-0.4, -0.2) is 66.0 Å². The van der Waals surface area contributed by atoms with Crippen LogP contribution in [0.15, 0.2) is 30.3 Å². The van der Waals surface area contributed by atoms with Crippen LogP contribution in [0.1, 0.15) is 37.6 Å². The van der Waals surface area contributed by atoms with Gasteiger partial charge in [0.1, 0.15) is 5.54 Å². The van der Waals surface area contributed by atoms with Crippen molar-refractivity contribution in [1.82, 2.24) is 9.80 Å². The van der Waals surface area contributed by atoms with Gasteiger partial charge in [-0.2, -0.15) is 0 Å². The molecule has 1 saturated heterocycles. The summed E-state index contributed by atoms with van der Waals surface area (Å²) in [5.74, 6) is -0.00851. The molecule has 3 rings (SSSR count). The number of benzene rings is 1. The number of hydrogen-bond acceptors (Lipinski definition) is 4. The second-order valence-electron chi connectivity index (χ2n) is 7.79. The van der Waals surface area contributed by atoms with Gasteiger partial charge in [0.15, 0.2) is 0 Å². The number of rotatable bonds is 4. The van der Waals surface area contributed by atoms with Crippen molar-refractivity contribution in [3.05, 3.63) is 35.9 Å². The van der Waals surface area contributed by atoms with Crippen molar-refractivity contribution in [2.24, 2.45) is 11.1 Å². The van der Waals surface area contributed by atoms with Crippen LogP contribution in [0.3, 0.4) is 0 Å². The largest absolute Gasteiger partial charge is 0.378 e. The fourth-order valence-corrected chi connectivity index (χ4v) is 3.96. The van der Waals surface area contributed by atoms with Gasteiger partial charge in [0.05, 0.1) is 6.10 Å². The summed E-state index contributed by atoms with van der Waals surface area (Å²) < 4.78 is 5.72. The van der Waals surface area contributed by atoms with Crippen LogP contribution >= 0.6 is 12.4 Å². The first kappa shape index (κ1) is 21.7. The molecule has 0 aromatic heterocycles. The van der Waals surface area contributed by atoms with Gasteiger partial charge in [0.25, 0.3) is 5.91 Å². The molecule has 7 heteroatoms. The van der Waals surface area contributed by atoms with Crippen LogP contribution in [0.25, 0.3) is 0 Å². The van der Waals surface area contributed by atoms with E-state index >= 15 is 0 Å². The van der Waals surface area contributed by atoms with Crippen LogP contribution in [0.2, 0.25) is 0 Å². The van der Waals surface area contributed by atoms with Crippen molar-refractivity contribution >= 4 is 24.2 Å². The predicted octanol–water partition coefficient (Wildman–Crippen LogP) is 1.93. The maximum Gasteiger partial charge on any atom is 0.253 e. The van der Waals surface area contributed by atoms with Crippen molar-refractivity contribution < 1.29 is 14.3 Å². The third kappa shape index (κ3) is 3.71. The SMILES string of the molecule is CCOC1CC(N)(C(=O)N2CCN(C(=O)c3ccccc3)CC2)C1(C)C.Cl. The summed E-state index contributed by atoms with van der Waals surface area (Å²) in [6.45, 7) is 8.69. The number of piperazine rings is 1. The Morgan fingerprint density at radius 1 is 1.11 bits per heavy atom. The lowest BCUT2D eigenvalue weighted by Gasteiger charge is -2.59. The molecule has 0 spiro atoms. The summed E-state index contributed by atoms with van der Waals surface area (Å²) in [4.78, 5) is 29.2. The molecule has 1 aromatic carbocycles. The Kier molecular flexibility index (Phi) is 6.55. The average molecular weight is 396 g/mol. The Morgan fingerprint density at radius 2 is 1.67 bits per heavy atom. The molecule has 1 aliphatic carbocycles. The molecule has 2 unspecified atom stereocenters. The quantitative estimate of drug-likeness (QED) is 0.845. The maximum atomic E-state index is 13.1. The normalized spacial score (nSPS) is 26.7. The molecule has 1 aromatic rings. The molecular weight excluding hydrogens is 366 g/mol. The van der Waals surface area contributed by atoms with E-state index in [2.05, 4.69) is 0 Å². The molecule has 1 aliphatic heterocycles. The van der Waals surface area contributed by atoms with Crippen LogP contribution in [0, 0.1) is 5.41 Å². The van der Waals surface area contributed by atoms with E-state index in [1.165, 1.54) is 0 Å². The zero-order chi connectivity index (χ0) is 18.9. The highest BCUT2D eigenvalue weighted by molar-refractivity contribution is 5.94. The van der Waals surface area contributed by atoms with Gasteiger partial charge in [-0.15, -0.1) is 12.4 Å². The van der Waals surface area contributed by atoms with Gasteiger partial charge in [0, 0.05) is 50.2 Å². The van der Waals surface area contributed by atoms with E-state index in [-0.39, 0.29) is 30.3 Å². The summed E-state index contributed by atoms with van der Waals surface area (Å²) in [5, 5.41) is 0. The Balaban J connectivity index is 0.00000261. The summed E-state index contributed by atoms with van der Waals surface area (Å²) in [6.07, 6.45) is 0.568. The van der Waals surface area contributed by atoms with E-state index in [1.54, 1.807) is 9.80 Å². The van der Waals surface area contributed by atoms with E-state index in [4.69, 9.17) is 10.5 Å². The molecule has 2 amide bonds. The Morgan fingerprint density at radius 3 is 2.19 bits per heavy atom. The molecule has 150 valence electrons. The standard InChI is InChI=1S/C20H29N3O3.ClH/c1-4-26-16-14-20(21,19(16,2)3)18(25)23-12-10-22(11-13-23)17(24)15-8-6-5-7-9-15;/h5-9,16H,4,10-14,21H2,1-3H3;1H. The number of nitrogens with two attached hydrogens (primary N) is 1. The highest BCUT2D eigenvalue weighted by Crippen LogP contribution is 2.50. The van der Waals surface area contributed by atoms with Gasteiger partial charge in [0.2, 0.25) is 5.91 Å². The molecule has 1 heterocycles. The number of ether oxygens (including phenoxy) is 1. The fraction of sp³-hybridized carbons (Fsp3) is 0.600. The fourth-order valence-electron chi connectivity index (χ4n) is 3.96. The van der Waals surface area contributed by atoms with Crippen LogP contribution in [0.5, 0.6) is 0 Å². The van der Waals surface area contributed by atoms with Crippen molar-refractivity contribution in [1.29, 1.82) is 0 Å². The minimum Gasteiger partial charge on any atom is -0.378 e. The molecule has 2 fully saturated rings. The van der Waals surface area contributed by atoms with E-state index in [9.17, 15) is 9.59 Å². The highest BCUT2D eigenvalue weighted by atomic mass is 35.5. The molecule has 1 saturated carbocycles. The monoisotopic (exact) mass is 395 g/mol. The lowest BCUT2D eigenvalue weighted by atomic mass is 9.54. The number of amides is 2. The molecule has 27 heavy (non-hydrogen) atoms. The number of hydrogen-bond donors (Lipinski definition) is 1. The van der Waals surface area contributed by atoms with E-state index in [0.29, 0.717) is 44.8 Å². The highest BCUT2D eigenvalue weighted by Gasteiger charge is 2.63. The molecule has 2 N–H and O–H groups in total. The molecule has 0 bridgehead atoms. The van der Waals surface area contributed by atoms with Crippen LogP contribution < -0.4 is 5.73 Å². The van der Waals surface area contributed by atoms with Gasteiger partial charge < -0.3 is 20.3 Å². The number of halogens is 1. The smallest absolute Gasteiger partial charge is 0.253 e. The average Bonchev–Trinajstić information content (AvgIpc) is 2.67. The van der Waals surface area contributed by atoms with Gasteiger partial charge in [-0.05, 0) is 19.1 Å². The van der Waals surface area contributed by atoms with E-state index in [0.717, 1.165) is 0 Å². The minimum atomic E-state index is -0.890. The Bertz CT molecular complexity index is 674. The van der Waals surface area contributed by atoms with Crippen LogP contribution in [0.4, 0.5) is 0 Å². The van der Waals surface area contributed by atoms with Crippen molar-refractivity contribution in [3.8, 4) is 0 Å². The molecular formula is C20H30ClN3O3. The number of nitrogens with zero attached hydrogens (tertiary/aromatic N) is 2. The lowest BCUT2D eigenvalue weighted by molar-refractivity contribution is -0.180. The topological polar surface area (TPSA) is 75.9 Å². The zero-order valence-corrected chi connectivity index (χ0v) is 17.1. The molecule has 2 atom stereocenters. The van der Waals surface area contributed by atoms with Crippen molar-refractivity contribution in [2.45, 2.75) is 38.8 Å². The van der Waals surface area contributed by atoms with Gasteiger partial charge >= 0.3 is 0 Å². The van der Waals surface area contributed by atoms with Crippen LogP contribution in [-0.2, 0) is 9.53 Å². The lowest BCUT2D eigenvalue weighted by Crippen LogP contribution is -2.76. The maximum absolute atomic E-state index is 13.1. The van der Waals surface area contributed by atoms with Crippen molar-refractivity contribution in [3.63, 3.8) is 0 Å². The predicted molar refractivity (Wildman–Crippen MR) is 107 cm³/mol. The third-order valence-electron chi connectivity index (χ3n) is 6.09. The summed E-state index contributed by atoms with van der Waals surface area (Å²) >= 11 is 0. The molecule has 2 aliphatic rings. The van der Waals surface area contributed by atoms with Gasteiger partial charge in [-0.1, -0.05) is 32.0 Å². The second kappa shape index (κ2) is 8.17. The van der Waals surface area contributed by atoms with Gasteiger partial charge in [-0.25, -0.2) is 0 Å². The number of carbonyl (C=O) groups excluding carboxylic acids is 2. The number of carbonyl (C=O) groups is 2. The van der Waals surface area contributed by atoms with Gasteiger partial charge in [-0.3, -0.25) is 9.59 Å². The first-order valence-corrected chi connectivity index (χ1v) is 9.35. The second-order valence-corrected chi connectivity index (χ2v) is 7.79. The minimum absolute atomic E-state index is 0. The van der Waals surface area contributed by atoms with E-state index < -0.39 is 11.0 Å². The van der Waals surface area contributed by atoms with E-state index in [1.807, 2.05) is 51.1 Å². The first-order chi connectivity index (χ1) is 12.3.